The monoisotopic (exact) mass is 639 g/mol. The normalized spacial score (nSPS) is 26.5. The molecule has 11 heteroatoms. The fourth-order valence-corrected chi connectivity index (χ4v) is 8.46. The molecule has 4 bridgehead atoms. The Balaban J connectivity index is 1.22. The number of phenols is 1. The van der Waals surface area contributed by atoms with Crippen molar-refractivity contribution in [1.82, 2.24) is 20.3 Å². The molecule has 2 aliphatic heterocycles. The molecule has 4 heterocycles. The first-order valence-corrected chi connectivity index (χ1v) is 16.2. The molecule has 5 fully saturated rings. The van der Waals surface area contributed by atoms with Crippen molar-refractivity contribution in [3.05, 3.63) is 47.7 Å². The predicted molar refractivity (Wildman–Crippen MR) is 172 cm³/mol. The van der Waals surface area contributed by atoms with Crippen LogP contribution in [0.1, 0.15) is 56.9 Å². The van der Waals surface area contributed by atoms with Gasteiger partial charge in [0.2, 0.25) is 0 Å². The number of aromatic nitrogens is 3. The summed E-state index contributed by atoms with van der Waals surface area (Å²) in [6.07, 6.45) is 14.1. The molecular weight excluding hydrogens is 604 g/mol. The lowest BCUT2D eigenvalue weighted by Gasteiger charge is -2.51. The van der Waals surface area contributed by atoms with Gasteiger partial charge in [-0.2, -0.15) is 9.97 Å². The highest BCUT2D eigenvalue weighted by Crippen LogP contribution is 2.57. The fraction of sp³-hybridized carbons (Fsp3) is 0.444. The van der Waals surface area contributed by atoms with E-state index in [1.807, 2.05) is 0 Å². The molecular formula is C36H35F2N5O4. The number of nitrogens with zero attached hydrogens (tertiary/aromatic N) is 4. The summed E-state index contributed by atoms with van der Waals surface area (Å²) in [5.74, 6) is 1.29. The van der Waals surface area contributed by atoms with E-state index in [-0.39, 0.29) is 50.9 Å². The average molecular weight is 640 g/mol. The van der Waals surface area contributed by atoms with Crippen LogP contribution < -0.4 is 15.0 Å². The van der Waals surface area contributed by atoms with Crippen LogP contribution in [-0.2, 0) is 9.53 Å². The van der Waals surface area contributed by atoms with E-state index in [1.54, 1.807) is 0 Å². The average Bonchev–Trinajstić information content (AvgIpc) is 3.44. The van der Waals surface area contributed by atoms with Gasteiger partial charge in [0.25, 0.3) is 0 Å². The lowest BCUT2D eigenvalue weighted by Crippen LogP contribution is -2.51. The molecule has 0 spiro atoms. The molecule has 2 aromatic heterocycles. The van der Waals surface area contributed by atoms with Crippen LogP contribution in [0.5, 0.6) is 11.8 Å². The van der Waals surface area contributed by atoms with Crippen molar-refractivity contribution in [2.75, 3.05) is 31.7 Å². The number of methoxy groups -OCH3 is 1. The van der Waals surface area contributed by atoms with Gasteiger partial charge in [-0.05, 0) is 75.0 Å². The summed E-state index contributed by atoms with van der Waals surface area (Å²) in [7, 11) is 1.45. The number of benzene rings is 2. The van der Waals surface area contributed by atoms with Crippen LogP contribution >= 0.6 is 0 Å². The highest BCUT2D eigenvalue weighted by atomic mass is 19.1. The number of anilines is 1. The molecule has 0 unspecified atom stereocenters. The number of carbonyl (C=O) groups is 1. The van der Waals surface area contributed by atoms with Crippen LogP contribution in [0.15, 0.2) is 30.5 Å². The summed E-state index contributed by atoms with van der Waals surface area (Å²) in [5, 5.41) is 15.3. The highest BCUT2D eigenvalue weighted by Gasteiger charge is 2.53. The minimum Gasteiger partial charge on any atom is -0.508 e. The van der Waals surface area contributed by atoms with Gasteiger partial charge in [-0.25, -0.2) is 8.78 Å². The van der Waals surface area contributed by atoms with E-state index < -0.39 is 17.0 Å². The second-order valence-electron chi connectivity index (χ2n) is 13.8. The minimum atomic E-state index is -0.746. The lowest BCUT2D eigenvalue weighted by atomic mass is 9.54. The van der Waals surface area contributed by atoms with Gasteiger partial charge in [0.1, 0.15) is 28.6 Å². The Labute approximate surface area is 270 Å². The van der Waals surface area contributed by atoms with E-state index in [1.165, 1.54) is 37.6 Å². The second-order valence-corrected chi connectivity index (χ2v) is 13.8. The number of phenolic OH excluding ortho intramolecular Hbond substituents is 1. The number of ether oxygens (including phenoxy) is 2. The molecule has 3 aliphatic carbocycles. The summed E-state index contributed by atoms with van der Waals surface area (Å²) in [5.41, 5.74) is -0.514. The van der Waals surface area contributed by atoms with E-state index in [4.69, 9.17) is 20.9 Å². The van der Waals surface area contributed by atoms with E-state index >= 15 is 4.39 Å². The summed E-state index contributed by atoms with van der Waals surface area (Å²) in [6, 6.07) is 6.17. The van der Waals surface area contributed by atoms with Crippen LogP contribution in [0.25, 0.3) is 32.9 Å². The molecule has 2 saturated heterocycles. The van der Waals surface area contributed by atoms with E-state index in [2.05, 4.69) is 26.1 Å². The van der Waals surface area contributed by atoms with Gasteiger partial charge in [-0.15, -0.1) is 6.42 Å². The molecule has 47 heavy (non-hydrogen) atoms. The first-order valence-electron chi connectivity index (χ1n) is 16.2. The maximum Gasteiger partial charge on any atom is 0.319 e. The van der Waals surface area contributed by atoms with Gasteiger partial charge in [0, 0.05) is 47.7 Å². The number of hydrogen-bond donors (Lipinski definition) is 2. The first kappa shape index (κ1) is 29.8. The third-order valence-electron chi connectivity index (χ3n) is 11.1. The Kier molecular flexibility index (Phi) is 6.99. The van der Waals surface area contributed by atoms with Crippen molar-refractivity contribution in [1.29, 1.82) is 0 Å². The standard InChI is InChI=1S/C36H35F2N5O4/c1-3-24-27(37)7-4-20-14-23(44)15-25(28(20)24)30-29(38)31-26(16-39-30)32(43-17-21-5-6-22(18-43)40-21)42-34(41-31)47-19-35-8-11-36(12-9-35,13-10-35)33(45)46-2/h1,4,7,14-16,21-22,40,44H,5-6,8-13,17-19H2,2H3/t21-,22+,35?,36?. The Morgan fingerprint density at radius 3 is 2.51 bits per heavy atom. The number of carbonyl (C=O) groups excluding carboxylic acids is 1. The Morgan fingerprint density at radius 1 is 1.11 bits per heavy atom. The van der Waals surface area contributed by atoms with E-state index in [0.717, 1.165) is 51.4 Å². The van der Waals surface area contributed by atoms with Crippen molar-refractivity contribution < 1.29 is 28.2 Å². The van der Waals surface area contributed by atoms with E-state index in [9.17, 15) is 14.3 Å². The summed E-state index contributed by atoms with van der Waals surface area (Å²) in [4.78, 5) is 28.7. The minimum absolute atomic E-state index is 0.0190. The van der Waals surface area contributed by atoms with E-state index in [0.29, 0.717) is 48.4 Å². The molecule has 242 valence electrons. The number of terminal acetylenes is 1. The zero-order valence-electron chi connectivity index (χ0n) is 26.1. The van der Waals surface area contributed by atoms with Gasteiger partial charge >= 0.3 is 12.0 Å². The number of piperazine rings is 1. The molecule has 9 rings (SSSR count). The van der Waals surface area contributed by atoms with Crippen molar-refractivity contribution in [3.8, 4) is 35.4 Å². The largest absolute Gasteiger partial charge is 0.508 e. The first-order chi connectivity index (χ1) is 22.7. The Bertz CT molecular complexity index is 1960. The third-order valence-corrected chi connectivity index (χ3v) is 11.1. The molecule has 5 aliphatic rings. The summed E-state index contributed by atoms with van der Waals surface area (Å²) >= 11 is 0. The molecule has 2 aromatic carbocycles. The van der Waals surface area contributed by atoms with Gasteiger partial charge in [-0.3, -0.25) is 9.78 Å². The maximum absolute atomic E-state index is 16.8. The summed E-state index contributed by atoms with van der Waals surface area (Å²) in [6.45, 7) is 1.75. The number of pyridine rings is 1. The van der Waals surface area contributed by atoms with Crippen molar-refractivity contribution in [3.63, 3.8) is 0 Å². The van der Waals surface area contributed by atoms with Crippen LogP contribution in [0.4, 0.5) is 14.6 Å². The van der Waals surface area contributed by atoms with Crippen molar-refractivity contribution in [2.45, 2.75) is 63.5 Å². The molecule has 2 N–H and O–H groups in total. The summed E-state index contributed by atoms with van der Waals surface area (Å²) < 4.78 is 43.1. The van der Waals surface area contributed by atoms with Crippen molar-refractivity contribution in [2.24, 2.45) is 10.8 Å². The Hall–Kier alpha value is -4.56. The fourth-order valence-electron chi connectivity index (χ4n) is 8.46. The number of aromatic hydroxyl groups is 1. The van der Waals surface area contributed by atoms with Crippen LogP contribution in [-0.4, -0.2) is 64.9 Å². The molecule has 9 nitrogen and oxygen atoms in total. The maximum atomic E-state index is 16.8. The second kappa shape index (κ2) is 11.0. The number of rotatable bonds is 6. The zero-order chi connectivity index (χ0) is 32.5. The third kappa shape index (κ3) is 4.84. The smallest absolute Gasteiger partial charge is 0.319 e. The number of hydrogen-bond acceptors (Lipinski definition) is 9. The zero-order valence-corrected chi connectivity index (χ0v) is 26.1. The van der Waals surface area contributed by atoms with Gasteiger partial charge < -0.3 is 24.8 Å². The topological polar surface area (TPSA) is 110 Å². The number of nitrogens with one attached hydrogen (secondary N) is 1. The van der Waals surface area contributed by atoms with Gasteiger partial charge in [-0.1, -0.05) is 12.0 Å². The van der Waals surface area contributed by atoms with Crippen molar-refractivity contribution >= 4 is 33.5 Å². The Morgan fingerprint density at radius 2 is 1.83 bits per heavy atom. The predicted octanol–water partition coefficient (Wildman–Crippen LogP) is 5.64. The molecule has 0 amide bonds. The number of esters is 1. The van der Waals surface area contributed by atoms with Crippen LogP contribution in [0.3, 0.4) is 0 Å². The quantitative estimate of drug-likeness (QED) is 0.205. The number of halogens is 2. The SMILES string of the molecule is C#Cc1c(F)ccc2cc(O)cc(-c3ncc4c(N5C[C@H]6CC[C@@H](C5)N6)nc(OCC56CCC(C(=O)OC)(CC5)CC6)nc4c3F)c12. The van der Waals surface area contributed by atoms with Crippen LogP contribution in [0.2, 0.25) is 0 Å². The lowest BCUT2D eigenvalue weighted by molar-refractivity contribution is -0.164. The van der Waals surface area contributed by atoms with Crippen LogP contribution in [0, 0.1) is 34.8 Å². The molecule has 2 atom stereocenters. The number of fused-ring (bicyclic) bond motifs is 7. The highest BCUT2D eigenvalue weighted by molar-refractivity contribution is 6.03. The molecule has 4 aromatic rings. The van der Waals surface area contributed by atoms with Gasteiger partial charge in [0.15, 0.2) is 5.82 Å². The van der Waals surface area contributed by atoms with Gasteiger partial charge in [0.05, 0.1) is 30.1 Å². The molecule has 3 saturated carbocycles. The molecule has 0 radical (unpaired) electrons.